The second-order valence-electron chi connectivity index (χ2n) is 1.13. The van der Waals surface area contributed by atoms with Gasteiger partial charge >= 0.3 is 5.97 Å². The first kappa shape index (κ1) is 7.07. The van der Waals surface area contributed by atoms with Crippen LogP contribution in [0.1, 0.15) is 0 Å². The molecule has 0 bridgehead atoms. The van der Waals surface area contributed by atoms with Crippen LogP contribution < -0.4 is 0 Å². The highest BCUT2D eigenvalue weighted by atomic mass is 19.3. The lowest BCUT2D eigenvalue weighted by Gasteiger charge is -1.93. The minimum atomic E-state index is -2.95. The van der Waals surface area contributed by atoms with E-state index >= 15 is 0 Å². The van der Waals surface area contributed by atoms with Gasteiger partial charge in [-0.05, 0) is 0 Å². The predicted octanol–water partition coefficient (Wildman–Crippen LogP) is 0.892. The molecule has 0 spiro atoms. The van der Waals surface area contributed by atoms with Gasteiger partial charge in [-0.15, -0.1) is 0 Å². The molecule has 0 aromatic rings. The smallest absolute Gasteiger partial charge is 0.336 e. The zero-order chi connectivity index (χ0) is 6.73. The molecule has 0 aliphatic rings. The van der Waals surface area contributed by atoms with Gasteiger partial charge in [-0.3, -0.25) is 0 Å². The molecule has 0 aliphatic carbocycles. The Morgan fingerprint density at radius 2 is 2.00 bits per heavy atom. The molecule has 0 aromatic heterocycles. The van der Waals surface area contributed by atoms with Gasteiger partial charge in [0, 0.05) is 0 Å². The molecule has 0 radical (unpaired) electrons. The van der Waals surface area contributed by atoms with Gasteiger partial charge < -0.3 is 5.11 Å². The fourth-order valence-electron chi connectivity index (χ4n) is 0.0933. The Morgan fingerprint density at radius 3 is 2.00 bits per heavy atom. The number of halogens is 2. The summed E-state index contributed by atoms with van der Waals surface area (Å²) in [6.07, 6.45) is -2.95. The fraction of sp³-hybridized carbons (Fsp3) is 0.250. The van der Waals surface area contributed by atoms with Crippen molar-refractivity contribution in [2.45, 2.75) is 6.43 Å². The normalized spacial score (nSPS) is 9.38. The number of rotatable bonds is 2. The summed E-state index contributed by atoms with van der Waals surface area (Å²) in [5.74, 6) is -1.65. The summed E-state index contributed by atoms with van der Waals surface area (Å²) in [7, 11) is 0. The summed E-state index contributed by atoms with van der Waals surface area (Å²) in [5.41, 5.74) is -1.06. The molecule has 0 aliphatic heterocycles. The minimum absolute atomic E-state index is 1.06. The highest BCUT2D eigenvalue weighted by Gasteiger charge is 2.14. The van der Waals surface area contributed by atoms with Crippen LogP contribution in [0.25, 0.3) is 0 Å². The number of carbonyl (C=O) groups is 1. The summed E-state index contributed by atoms with van der Waals surface area (Å²) in [6, 6.07) is 0. The number of hydrogen-bond donors (Lipinski definition) is 1. The van der Waals surface area contributed by atoms with Crippen molar-refractivity contribution < 1.29 is 18.7 Å². The van der Waals surface area contributed by atoms with Crippen LogP contribution in [-0.2, 0) is 4.79 Å². The van der Waals surface area contributed by atoms with Crippen molar-refractivity contribution in [3.63, 3.8) is 0 Å². The molecule has 0 unspecified atom stereocenters. The van der Waals surface area contributed by atoms with E-state index in [0.717, 1.165) is 0 Å². The average molecular weight is 122 g/mol. The molecular weight excluding hydrogens is 118 g/mol. The van der Waals surface area contributed by atoms with Gasteiger partial charge in [0.05, 0.1) is 5.57 Å². The van der Waals surface area contributed by atoms with E-state index in [1.165, 1.54) is 0 Å². The lowest BCUT2D eigenvalue weighted by molar-refractivity contribution is -0.134. The molecule has 2 nitrogen and oxygen atoms in total. The van der Waals surface area contributed by atoms with Gasteiger partial charge in [-0.25, -0.2) is 13.6 Å². The third kappa shape index (κ3) is 1.68. The lowest BCUT2D eigenvalue weighted by atomic mass is 10.3. The summed E-state index contributed by atoms with van der Waals surface area (Å²) in [5, 5.41) is 7.77. The molecule has 46 valence electrons. The number of alkyl halides is 2. The third-order valence-electron chi connectivity index (χ3n) is 0.538. The molecule has 0 rings (SSSR count). The van der Waals surface area contributed by atoms with Gasteiger partial charge in [0.2, 0.25) is 0 Å². The maximum absolute atomic E-state index is 11.2. The fourth-order valence-corrected chi connectivity index (χ4v) is 0.0933. The van der Waals surface area contributed by atoms with Crippen molar-refractivity contribution in [1.82, 2.24) is 0 Å². The molecule has 4 heteroatoms. The summed E-state index contributed by atoms with van der Waals surface area (Å²) >= 11 is 0. The van der Waals surface area contributed by atoms with Crippen LogP contribution >= 0.6 is 0 Å². The molecule has 0 fully saturated rings. The SMILES string of the molecule is C=C(C(=O)O)C(F)F. The van der Waals surface area contributed by atoms with Gasteiger partial charge in [0.25, 0.3) is 6.43 Å². The summed E-state index contributed by atoms with van der Waals surface area (Å²) in [6.45, 7) is 2.60. The molecule has 0 heterocycles. The standard InChI is InChI=1S/C4H4F2O2/c1-2(3(5)6)4(7)8/h3H,1H2,(H,7,8). The summed E-state index contributed by atoms with van der Waals surface area (Å²) < 4.78 is 22.4. The Hall–Kier alpha value is -0.930. The molecule has 0 saturated carbocycles. The molecule has 8 heavy (non-hydrogen) atoms. The second-order valence-corrected chi connectivity index (χ2v) is 1.13. The monoisotopic (exact) mass is 122 g/mol. The van der Waals surface area contributed by atoms with Crippen LogP contribution in [0.3, 0.4) is 0 Å². The van der Waals surface area contributed by atoms with Crippen molar-refractivity contribution in [2.75, 3.05) is 0 Å². The number of aliphatic carboxylic acids is 1. The topological polar surface area (TPSA) is 37.3 Å². The molecular formula is C4H4F2O2. The van der Waals surface area contributed by atoms with E-state index in [1.54, 1.807) is 0 Å². The van der Waals surface area contributed by atoms with E-state index in [4.69, 9.17) is 5.11 Å². The highest BCUT2D eigenvalue weighted by molar-refractivity contribution is 5.86. The van der Waals surface area contributed by atoms with Crippen LogP contribution in [-0.4, -0.2) is 17.5 Å². The first-order valence-corrected chi connectivity index (χ1v) is 1.76. The van der Waals surface area contributed by atoms with E-state index in [0.29, 0.717) is 0 Å². The van der Waals surface area contributed by atoms with Crippen molar-refractivity contribution in [2.24, 2.45) is 0 Å². The molecule has 0 atom stereocenters. The molecule has 0 aromatic carbocycles. The minimum Gasteiger partial charge on any atom is -0.478 e. The van der Waals surface area contributed by atoms with Crippen LogP contribution in [0, 0.1) is 0 Å². The van der Waals surface area contributed by atoms with Crippen LogP contribution in [0.15, 0.2) is 12.2 Å². The number of hydrogen-bond acceptors (Lipinski definition) is 1. The van der Waals surface area contributed by atoms with Gasteiger partial charge in [0.1, 0.15) is 0 Å². The maximum Gasteiger partial charge on any atom is 0.336 e. The Bertz CT molecular complexity index is 119. The second kappa shape index (κ2) is 2.40. The van der Waals surface area contributed by atoms with Gasteiger partial charge in [0.15, 0.2) is 0 Å². The zero-order valence-electron chi connectivity index (χ0n) is 3.90. The molecule has 0 amide bonds. The molecule has 0 saturated heterocycles. The van der Waals surface area contributed by atoms with Crippen LogP contribution in [0.4, 0.5) is 8.78 Å². The Balaban J connectivity index is 3.84. The van der Waals surface area contributed by atoms with Gasteiger partial charge in [-0.2, -0.15) is 0 Å². The van der Waals surface area contributed by atoms with Crippen molar-refractivity contribution >= 4 is 5.97 Å². The lowest BCUT2D eigenvalue weighted by Crippen LogP contribution is -2.06. The van der Waals surface area contributed by atoms with Crippen LogP contribution in [0.2, 0.25) is 0 Å². The Kier molecular flexibility index (Phi) is 2.12. The van der Waals surface area contributed by atoms with E-state index < -0.39 is 18.0 Å². The quantitative estimate of drug-likeness (QED) is 0.552. The first-order chi connectivity index (χ1) is 3.55. The van der Waals surface area contributed by atoms with Gasteiger partial charge in [-0.1, -0.05) is 6.58 Å². The maximum atomic E-state index is 11.2. The largest absolute Gasteiger partial charge is 0.478 e. The number of carboxylic acid groups (broad SMARTS) is 1. The van der Waals surface area contributed by atoms with Crippen molar-refractivity contribution in [3.05, 3.63) is 12.2 Å². The van der Waals surface area contributed by atoms with E-state index in [-0.39, 0.29) is 0 Å². The Morgan fingerprint density at radius 1 is 1.62 bits per heavy atom. The van der Waals surface area contributed by atoms with E-state index in [1.807, 2.05) is 0 Å². The number of carboxylic acids is 1. The highest BCUT2D eigenvalue weighted by Crippen LogP contribution is 2.04. The average Bonchev–Trinajstić information content (AvgIpc) is 1.64. The predicted molar refractivity (Wildman–Crippen MR) is 22.8 cm³/mol. The van der Waals surface area contributed by atoms with Crippen molar-refractivity contribution in [1.29, 1.82) is 0 Å². The molecule has 1 N–H and O–H groups in total. The Labute approximate surface area is 44.4 Å². The summed E-state index contributed by atoms with van der Waals surface area (Å²) in [4.78, 5) is 9.56. The zero-order valence-corrected chi connectivity index (χ0v) is 3.90. The van der Waals surface area contributed by atoms with Crippen molar-refractivity contribution in [3.8, 4) is 0 Å². The van der Waals surface area contributed by atoms with E-state index in [2.05, 4.69) is 6.58 Å². The van der Waals surface area contributed by atoms with Crippen LogP contribution in [0.5, 0.6) is 0 Å². The third-order valence-corrected chi connectivity index (χ3v) is 0.538. The first-order valence-electron chi connectivity index (χ1n) is 1.76. The van der Waals surface area contributed by atoms with E-state index in [9.17, 15) is 13.6 Å².